The summed E-state index contributed by atoms with van der Waals surface area (Å²) in [5, 5.41) is 2.82. The quantitative estimate of drug-likeness (QED) is 0.746. The third kappa shape index (κ3) is 4.54. The van der Waals surface area contributed by atoms with Gasteiger partial charge in [-0.2, -0.15) is 4.31 Å². The molecular formula is C21H26N2O5S. The molecule has 2 aromatic carbocycles. The smallest absolute Gasteiger partial charge is 0.244 e. The van der Waals surface area contributed by atoms with Gasteiger partial charge in [-0.1, -0.05) is 6.07 Å². The van der Waals surface area contributed by atoms with Gasteiger partial charge in [0.25, 0.3) is 0 Å². The lowest BCUT2D eigenvalue weighted by molar-refractivity contribution is -0.119. The lowest BCUT2D eigenvalue weighted by Gasteiger charge is -2.24. The molecule has 1 fully saturated rings. The van der Waals surface area contributed by atoms with Crippen molar-refractivity contribution >= 4 is 21.6 Å². The molecule has 1 amide bonds. The number of anilines is 1. The topological polar surface area (TPSA) is 84.9 Å². The predicted molar refractivity (Wildman–Crippen MR) is 111 cm³/mol. The zero-order valence-electron chi connectivity index (χ0n) is 16.8. The maximum absolute atomic E-state index is 13.3. The average molecular weight is 419 g/mol. The first-order valence-corrected chi connectivity index (χ1v) is 11.0. The normalized spacial score (nSPS) is 17.1. The van der Waals surface area contributed by atoms with E-state index in [-0.39, 0.29) is 10.8 Å². The fourth-order valence-electron chi connectivity index (χ4n) is 3.43. The number of nitrogens with one attached hydrogen (secondary N) is 1. The van der Waals surface area contributed by atoms with E-state index in [9.17, 15) is 13.2 Å². The molecule has 7 nitrogen and oxygen atoms in total. The van der Waals surface area contributed by atoms with E-state index in [2.05, 4.69) is 5.32 Å². The van der Waals surface area contributed by atoms with Crippen molar-refractivity contribution in [3.05, 3.63) is 48.0 Å². The molecule has 29 heavy (non-hydrogen) atoms. The second-order valence-electron chi connectivity index (χ2n) is 6.85. The van der Waals surface area contributed by atoms with E-state index in [4.69, 9.17) is 9.47 Å². The molecule has 1 saturated heterocycles. The molecule has 2 aromatic rings. The van der Waals surface area contributed by atoms with Gasteiger partial charge in [-0.05, 0) is 62.6 Å². The van der Waals surface area contributed by atoms with Crippen LogP contribution in [0.4, 0.5) is 5.69 Å². The Morgan fingerprint density at radius 3 is 2.52 bits per heavy atom. The molecule has 3 rings (SSSR count). The van der Waals surface area contributed by atoms with Crippen molar-refractivity contribution in [2.45, 2.75) is 37.6 Å². The van der Waals surface area contributed by atoms with Gasteiger partial charge in [0, 0.05) is 18.3 Å². The van der Waals surface area contributed by atoms with Gasteiger partial charge < -0.3 is 14.8 Å². The fourth-order valence-corrected chi connectivity index (χ4v) is 5.33. The number of carbonyl (C=O) groups is 1. The summed E-state index contributed by atoms with van der Waals surface area (Å²) >= 11 is 0. The summed E-state index contributed by atoms with van der Waals surface area (Å²) in [7, 11) is -2.34. The van der Waals surface area contributed by atoms with Crippen LogP contribution in [0.2, 0.25) is 0 Å². The Morgan fingerprint density at radius 2 is 1.86 bits per heavy atom. The summed E-state index contributed by atoms with van der Waals surface area (Å²) in [6.45, 7) is 4.50. The molecule has 0 spiro atoms. The molecular weight excluding hydrogens is 392 g/mol. The predicted octanol–water partition coefficient (Wildman–Crippen LogP) is 3.19. The highest BCUT2D eigenvalue weighted by atomic mass is 32.2. The van der Waals surface area contributed by atoms with Crippen molar-refractivity contribution in [1.82, 2.24) is 4.31 Å². The first kappa shape index (κ1) is 21.1. The van der Waals surface area contributed by atoms with Crippen LogP contribution in [0.5, 0.6) is 11.5 Å². The Hall–Kier alpha value is -2.58. The molecule has 0 aromatic heterocycles. The number of amides is 1. The van der Waals surface area contributed by atoms with Crippen molar-refractivity contribution in [1.29, 1.82) is 0 Å². The number of aryl methyl sites for hydroxylation is 1. The lowest BCUT2D eigenvalue weighted by atomic mass is 10.2. The zero-order chi connectivity index (χ0) is 21.0. The van der Waals surface area contributed by atoms with Crippen LogP contribution in [-0.2, 0) is 14.8 Å². The van der Waals surface area contributed by atoms with Gasteiger partial charge in [0.2, 0.25) is 15.9 Å². The minimum atomic E-state index is -3.83. The van der Waals surface area contributed by atoms with E-state index in [1.807, 2.05) is 6.92 Å². The van der Waals surface area contributed by atoms with Gasteiger partial charge in [0.05, 0.1) is 18.6 Å². The SMILES string of the molecule is CCOc1ccc(NC(=O)[C@H]2CCCN2S(=O)(=O)c2cc(OC)ccc2C)cc1. The van der Waals surface area contributed by atoms with Crippen molar-refractivity contribution in [2.75, 3.05) is 25.6 Å². The number of hydrogen-bond donors (Lipinski definition) is 1. The maximum Gasteiger partial charge on any atom is 0.244 e. The van der Waals surface area contributed by atoms with Crippen LogP contribution < -0.4 is 14.8 Å². The number of carbonyl (C=O) groups excluding carboxylic acids is 1. The summed E-state index contributed by atoms with van der Waals surface area (Å²) in [5.74, 6) is 0.837. The van der Waals surface area contributed by atoms with Crippen molar-refractivity contribution in [2.24, 2.45) is 0 Å². The highest BCUT2D eigenvalue weighted by Gasteiger charge is 2.40. The number of rotatable bonds is 7. The Bertz CT molecular complexity index is 973. The molecule has 0 aliphatic carbocycles. The van der Waals surface area contributed by atoms with Crippen molar-refractivity contribution in [3.63, 3.8) is 0 Å². The van der Waals surface area contributed by atoms with E-state index in [1.54, 1.807) is 43.3 Å². The van der Waals surface area contributed by atoms with E-state index in [0.29, 0.717) is 48.7 Å². The Kier molecular flexibility index (Phi) is 6.44. The van der Waals surface area contributed by atoms with Crippen LogP contribution >= 0.6 is 0 Å². The van der Waals surface area contributed by atoms with E-state index in [1.165, 1.54) is 17.5 Å². The number of benzene rings is 2. The lowest BCUT2D eigenvalue weighted by Crippen LogP contribution is -2.43. The number of nitrogens with zero attached hydrogens (tertiary/aromatic N) is 1. The van der Waals surface area contributed by atoms with E-state index in [0.717, 1.165) is 0 Å². The highest BCUT2D eigenvalue weighted by molar-refractivity contribution is 7.89. The van der Waals surface area contributed by atoms with Crippen molar-refractivity contribution in [3.8, 4) is 11.5 Å². The monoisotopic (exact) mass is 418 g/mol. The molecule has 0 radical (unpaired) electrons. The first-order chi connectivity index (χ1) is 13.9. The van der Waals surface area contributed by atoms with Crippen LogP contribution in [-0.4, -0.2) is 44.9 Å². The van der Waals surface area contributed by atoms with Crippen LogP contribution in [0.15, 0.2) is 47.4 Å². The molecule has 1 aliphatic rings. The van der Waals surface area contributed by atoms with Gasteiger partial charge in [-0.3, -0.25) is 4.79 Å². The van der Waals surface area contributed by atoms with Crippen molar-refractivity contribution < 1.29 is 22.7 Å². The molecule has 1 atom stereocenters. The molecule has 1 heterocycles. The molecule has 0 unspecified atom stereocenters. The van der Waals surface area contributed by atoms with Crippen LogP contribution in [0, 0.1) is 6.92 Å². The highest BCUT2D eigenvalue weighted by Crippen LogP contribution is 2.30. The Morgan fingerprint density at radius 1 is 1.17 bits per heavy atom. The molecule has 0 bridgehead atoms. The second-order valence-corrected chi connectivity index (χ2v) is 8.71. The van der Waals surface area contributed by atoms with Crippen LogP contribution in [0.3, 0.4) is 0 Å². The van der Waals surface area contributed by atoms with E-state index >= 15 is 0 Å². The largest absolute Gasteiger partial charge is 0.497 e. The molecule has 1 N–H and O–H groups in total. The van der Waals surface area contributed by atoms with Gasteiger partial charge in [-0.25, -0.2) is 8.42 Å². The third-order valence-electron chi connectivity index (χ3n) is 4.92. The van der Waals surface area contributed by atoms with Gasteiger partial charge in [0.1, 0.15) is 17.5 Å². The molecule has 1 aliphatic heterocycles. The Balaban J connectivity index is 1.80. The van der Waals surface area contributed by atoms with Gasteiger partial charge in [-0.15, -0.1) is 0 Å². The molecule has 0 saturated carbocycles. The summed E-state index contributed by atoms with van der Waals surface area (Å²) in [4.78, 5) is 13.0. The minimum Gasteiger partial charge on any atom is -0.497 e. The number of sulfonamides is 1. The van der Waals surface area contributed by atoms with Crippen LogP contribution in [0.25, 0.3) is 0 Å². The summed E-state index contributed by atoms with van der Waals surface area (Å²) in [6, 6.07) is 11.2. The average Bonchev–Trinajstić information content (AvgIpc) is 3.21. The number of methoxy groups -OCH3 is 1. The summed E-state index contributed by atoms with van der Waals surface area (Å²) in [5.41, 5.74) is 1.21. The van der Waals surface area contributed by atoms with Crippen LogP contribution in [0.1, 0.15) is 25.3 Å². The zero-order valence-corrected chi connectivity index (χ0v) is 17.7. The fraction of sp³-hybridized carbons (Fsp3) is 0.381. The number of hydrogen-bond acceptors (Lipinski definition) is 5. The second kappa shape index (κ2) is 8.84. The Labute approximate surface area is 171 Å². The van der Waals surface area contributed by atoms with Gasteiger partial charge >= 0.3 is 0 Å². The molecule has 8 heteroatoms. The minimum absolute atomic E-state index is 0.164. The van der Waals surface area contributed by atoms with E-state index < -0.39 is 16.1 Å². The first-order valence-electron chi connectivity index (χ1n) is 9.57. The summed E-state index contributed by atoms with van der Waals surface area (Å²) < 4.78 is 38.4. The summed E-state index contributed by atoms with van der Waals surface area (Å²) in [6.07, 6.45) is 1.11. The maximum atomic E-state index is 13.3. The number of ether oxygens (including phenoxy) is 2. The molecule has 156 valence electrons. The van der Waals surface area contributed by atoms with Gasteiger partial charge in [0.15, 0.2) is 0 Å². The third-order valence-corrected chi connectivity index (χ3v) is 6.97. The standard InChI is InChI=1S/C21H26N2O5S/c1-4-28-17-11-8-16(9-12-17)22-21(24)19-6-5-13-23(19)29(25,26)20-14-18(27-3)10-7-15(20)2/h7-12,14,19H,4-6,13H2,1-3H3,(H,22,24)/t19-/m1/s1.